The first-order chi connectivity index (χ1) is 11.8. The summed E-state index contributed by atoms with van der Waals surface area (Å²) in [5.74, 6) is 0.443. The average Bonchev–Trinajstić information content (AvgIpc) is 3.07. The van der Waals surface area contributed by atoms with Crippen molar-refractivity contribution >= 4 is 0 Å². The molecule has 3 heterocycles. The summed E-state index contributed by atoms with van der Waals surface area (Å²) in [4.78, 5) is 0. The fraction of sp³-hybridized carbons (Fsp3) is 0.500. The highest BCUT2D eigenvalue weighted by Gasteiger charge is 2.38. The third-order valence-electron chi connectivity index (χ3n) is 4.70. The minimum absolute atomic E-state index is 0.109. The van der Waals surface area contributed by atoms with Crippen LogP contribution < -0.4 is 10.5 Å². The highest BCUT2D eigenvalue weighted by molar-refractivity contribution is 5.57. The molecular formula is C18H24N6O. The van der Waals surface area contributed by atoms with Gasteiger partial charge in [0.2, 0.25) is 11.8 Å². The maximum absolute atomic E-state index is 9.76. The van der Waals surface area contributed by atoms with Crippen LogP contribution in [0.1, 0.15) is 73.8 Å². The molecule has 1 aliphatic heterocycles. The third kappa shape index (κ3) is 2.49. The van der Waals surface area contributed by atoms with E-state index in [4.69, 9.17) is 10.5 Å². The average molecular weight is 340 g/mol. The molecule has 132 valence electrons. The Morgan fingerprint density at radius 2 is 1.92 bits per heavy atom. The quantitative estimate of drug-likeness (QED) is 0.893. The van der Waals surface area contributed by atoms with E-state index in [9.17, 15) is 5.26 Å². The lowest BCUT2D eigenvalue weighted by molar-refractivity contribution is 0.378. The molecule has 0 saturated carbocycles. The van der Waals surface area contributed by atoms with E-state index < -0.39 is 0 Å². The summed E-state index contributed by atoms with van der Waals surface area (Å²) in [6, 6.07) is 2.47. The molecule has 2 aromatic heterocycles. The molecule has 3 N–H and O–H groups in total. The maximum atomic E-state index is 9.76. The fourth-order valence-electron chi connectivity index (χ4n) is 3.59. The Morgan fingerprint density at radius 1 is 1.24 bits per heavy atom. The molecule has 0 unspecified atom stereocenters. The second-order valence-electron chi connectivity index (χ2n) is 7.06. The van der Waals surface area contributed by atoms with Gasteiger partial charge in [-0.2, -0.15) is 10.4 Å². The minimum Gasteiger partial charge on any atom is -0.420 e. The van der Waals surface area contributed by atoms with Gasteiger partial charge < -0.3 is 10.5 Å². The van der Waals surface area contributed by atoms with Crippen LogP contribution in [-0.2, 0) is 0 Å². The number of nitrogens with one attached hydrogen (secondary N) is 1. The number of ether oxygens (including phenoxy) is 1. The lowest BCUT2D eigenvalue weighted by Gasteiger charge is -2.25. The zero-order chi connectivity index (χ0) is 18.5. The molecule has 1 atom stereocenters. The van der Waals surface area contributed by atoms with E-state index in [1.807, 2.05) is 18.5 Å². The molecule has 0 bridgehead atoms. The van der Waals surface area contributed by atoms with E-state index >= 15 is 0 Å². The van der Waals surface area contributed by atoms with Gasteiger partial charge in [0.1, 0.15) is 11.6 Å². The number of nitriles is 1. The number of aromatic amines is 1. The van der Waals surface area contributed by atoms with Crippen LogP contribution in [0.15, 0.2) is 11.5 Å². The fourth-order valence-corrected chi connectivity index (χ4v) is 3.59. The number of nitrogens with two attached hydrogens (primary N) is 1. The zero-order valence-electron chi connectivity index (χ0n) is 15.5. The van der Waals surface area contributed by atoms with Gasteiger partial charge in [-0.3, -0.25) is 9.78 Å². The van der Waals surface area contributed by atoms with Crippen molar-refractivity contribution in [3.05, 3.63) is 39.7 Å². The number of hydrogen-bond donors (Lipinski definition) is 2. The van der Waals surface area contributed by atoms with Gasteiger partial charge in [0.05, 0.1) is 17.2 Å². The molecule has 3 rings (SSSR count). The van der Waals surface area contributed by atoms with Crippen LogP contribution in [-0.4, -0.2) is 20.0 Å². The van der Waals surface area contributed by atoms with Crippen molar-refractivity contribution < 1.29 is 4.74 Å². The van der Waals surface area contributed by atoms with Gasteiger partial charge in [-0.25, -0.2) is 0 Å². The second kappa shape index (κ2) is 5.96. The molecule has 2 aromatic rings. The predicted octanol–water partition coefficient (Wildman–Crippen LogP) is 3.15. The van der Waals surface area contributed by atoms with Gasteiger partial charge >= 0.3 is 0 Å². The molecule has 25 heavy (non-hydrogen) atoms. The number of aromatic nitrogens is 4. The summed E-state index contributed by atoms with van der Waals surface area (Å²) in [6.45, 7) is 12.3. The highest BCUT2D eigenvalue weighted by Crippen LogP contribution is 2.46. The molecule has 7 heteroatoms. The van der Waals surface area contributed by atoms with Gasteiger partial charge in [-0.1, -0.05) is 13.8 Å². The van der Waals surface area contributed by atoms with E-state index in [0.29, 0.717) is 11.5 Å². The first-order valence-electron chi connectivity index (χ1n) is 8.49. The summed E-state index contributed by atoms with van der Waals surface area (Å²) < 4.78 is 7.60. The molecular weight excluding hydrogens is 316 g/mol. The highest BCUT2D eigenvalue weighted by atomic mass is 16.5. The van der Waals surface area contributed by atoms with Crippen molar-refractivity contribution in [2.24, 2.45) is 5.73 Å². The molecule has 0 spiro atoms. The standard InChI is InChI=1S/C18H24N6O/c1-8(2)16-15-14(12(7-19)17(20)25-18(15)22-21-16)13-10(5)23-24(9(3)4)11(13)6/h8-9,14H,20H2,1-6H3,(H,21,22)/t14-/m0/s1. The van der Waals surface area contributed by atoms with Crippen LogP contribution in [0.2, 0.25) is 0 Å². The van der Waals surface area contributed by atoms with Gasteiger partial charge in [-0.15, -0.1) is 5.10 Å². The van der Waals surface area contributed by atoms with E-state index in [1.165, 1.54) is 0 Å². The first kappa shape index (κ1) is 17.1. The van der Waals surface area contributed by atoms with Crippen molar-refractivity contribution in [1.82, 2.24) is 20.0 Å². The molecule has 1 aliphatic rings. The lowest BCUT2D eigenvalue weighted by atomic mass is 9.81. The predicted molar refractivity (Wildman–Crippen MR) is 94.1 cm³/mol. The van der Waals surface area contributed by atoms with E-state index in [2.05, 4.69) is 49.1 Å². The summed E-state index contributed by atoms with van der Waals surface area (Å²) in [5, 5.41) is 21.8. The summed E-state index contributed by atoms with van der Waals surface area (Å²) in [5.41, 5.74) is 11.2. The zero-order valence-corrected chi connectivity index (χ0v) is 15.5. The topological polar surface area (TPSA) is 106 Å². The van der Waals surface area contributed by atoms with E-state index in [1.54, 1.807) is 0 Å². The molecule has 0 saturated heterocycles. The van der Waals surface area contributed by atoms with Crippen molar-refractivity contribution in [1.29, 1.82) is 5.26 Å². The Bertz CT molecular complexity index is 894. The Labute approximate surface area is 147 Å². The molecule has 0 aromatic carbocycles. The van der Waals surface area contributed by atoms with Crippen LogP contribution in [0.5, 0.6) is 5.88 Å². The number of allylic oxidation sites excluding steroid dienone is 1. The number of H-pyrrole nitrogens is 1. The van der Waals surface area contributed by atoms with Crippen molar-refractivity contribution in [2.75, 3.05) is 0 Å². The molecule has 0 aliphatic carbocycles. The first-order valence-corrected chi connectivity index (χ1v) is 8.49. The molecule has 0 fully saturated rings. The van der Waals surface area contributed by atoms with Crippen LogP contribution in [0.25, 0.3) is 0 Å². The molecule has 0 radical (unpaired) electrons. The second-order valence-corrected chi connectivity index (χ2v) is 7.06. The van der Waals surface area contributed by atoms with Crippen molar-refractivity contribution in [3.8, 4) is 11.9 Å². The number of nitrogens with zero attached hydrogens (tertiary/aromatic N) is 4. The Kier molecular flexibility index (Phi) is 4.07. The largest absolute Gasteiger partial charge is 0.420 e. The monoisotopic (exact) mass is 340 g/mol. The summed E-state index contributed by atoms with van der Waals surface area (Å²) in [6.07, 6.45) is 0. The van der Waals surface area contributed by atoms with Crippen LogP contribution in [0, 0.1) is 25.2 Å². The molecule has 7 nitrogen and oxygen atoms in total. The van der Waals surface area contributed by atoms with Crippen molar-refractivity contribution in [2.45, 2.75) is 59.4 Å². The van der Waals surface area contributed by atoms with Crippen LogP contribution >= 0.6 is 0 Å². The minimum atomic E-state index is -0.322. The van der Waals surface area contributed by atoms with Gasteiger partial charge in [0.15, 0.2) is 0 Å². The van der Waals surface area contributed by atoms with E-state index in [-0.39, 0.29) is 23.8 Å². The number of hydrogen-bond acceptors (Lipinski definition) is 5. The maximum Gasteiger partial charge on any atom is 0.244 e. The normalized spacial score (nSPS) is 17.0. The summed E-state index contributed by atoms with van der Waals surface area (Å²) >= 11 is 0. The Morgan fingerprint density at radius 3 is 2.44 bits per heavy atom. The van der Waals surface area contributed by atoms with Crippen LogP contribution in [0.3, 0.4) is 0 Å². The Balaban J connectivity index is 2.32. The number of fused-ring (bicyclic) bond motifs is 1. The smallest absolute Gasteiger partial charge is 0.244 e. The Hall–Kier alpha value is -2.75. The summed E-state index contributed by atoms with van der Waals surface area (Å²) in [7, 11) is 0. The van der Waals surface area contributed by atoms with Crippen LogP contribution in [0.4, 0.5) is 0 Å². The third-order valence-corrected chi connectivity index (χ3v) is 4.70. The SMILES string of the molecule is Cc1nn(C(C)C)c(C)c1[C@@H]1C(C#N)=C(N)Oc2n[nH]c(C(C)C)c21. The molecule has 0 amide bonds. The van der Waals surface area contributed by atoms with Gasteiger partial charge in [0.25, 0.3) is 0 Å². The number of rotatable bonds is 3. The van der Waals surface area contributed by atoms with E-state index in [0.717, 1.165) is 28.2 Å². The number of aryl methyl sites for hydroxylation is 1. The van der Waals surface area contributed by atoms with Gasteiger partial charge in [0, 0.05) is 23.0 Å². The lowest BCUT2D eigenvalue weighted by Crippen LogP contribution is -2.22. The van der Waals surface area contributed by atoms with Crippen molar-refractivity contribution in [3.63, 3.8) is 0 Å². The van der Waals surface area contributed by atoms with Gasteiger partial charge in [-0.05, 0) is 33.6 Å².